The second-order valence-corrected chi connectivity index (χ2v) is 3.78. The number of aliphatic carboxylic acids is 1. The first-order valence-electron chi connectivity index (χ1n) is 4.51. The molecule has 0 aliphatic heterocycles. The highest BCUT2D eigenvalue weighted by Crippen LogP contribution is 2.23. The van der Waals surface area contributed by atoms with Gasteiger partial charge in [0.25, 0.3) is 0 Å². The highest BCUT2D eigenvalue weighted by Gasteiger charge is 2.34. The largest absolute Gasteiger partial charge is 0.573 e. The van der Waals surface area contributed by atoms with E-state index >= 15 is 0 Å². The van der Waals surface area contributed by atoms with E-state index in [0.29, 0.717) is 0 Å². The zero-order valence-corrected chi connectivity index (χ0v) is 10.3. The predicted octanol–water partition coefficient (Wildman–Crippen LogP) is 1.80. The number of carboxylic acid groups (broad SMARTS) is 1. The summed E-state index contributed by atoms with van der Waals surface area (Å²) < 4.78 is 39.8. The van der Waals surface area contributed by atoms with E-state index in [2.05, 4.69) is 25.7 Å². The number of rotatable bonds is 4. The van der Waals surface area contributed by atoms with Gasteiger partial charge in [-0.15, -0.1) is 13.2 Å². The Hall–Kier alpha value is -1.51. The Morgan fingerprint density at radius 3 is 2.56 bits per heavy atom. The molecule has 1 rings (SSSR count). The van der Waals surface area contributed by atoms with Crippen LogP contribution in [0, 0.1) is 0 Å². The Balaban J connectivity index is 3.28. The fourth-order valence-electron chi connectivity index (χ4n) is 1.23. The van der Waals surface area contributed by atoms with Gasteiger partial charge in [-0.25, -0.2) is 0 Å². The van der Waals surface area contributed by atoms with Gasteiger partial charge in [-0.1, -0.05) is 15.9 Å². The minimum absolute atomic E-state index is 0.168. The zero-order chi connectivity index (χ0) is 13.9. The molecule has 0 bridgehead atoms. The maximum absolute atomic E-state index is 12.1. The number of ether oxygens (including phenoxy) is 1. The van der Waals surface area contributed by atoms with Crippen molar-refractivity contribution in [2.45, 2.75) is 18.1 Å². The van der Waals surface area contributed by atoms with Gasteiger partial charge in [0, 0.05) is 17.1 Å². The minimum Gasteiger partial charge on any atom is -0.481 e. The van der Waals surface area contributed by atoms with Gasteiger partial charge in [0.05, 0.1) is 12.1 Å². The highest BCUT2D eigenvalue weighted by atomic mass is 79.9. The fourth-order valence-corrected chi connectivity index (χ4v) is 1.54. The number of hydrogen-bond acceptors (Lipinski definition) is 3. The average Bonchev–Trinajstić information content (AvgIpc) is 2.20. The van der Waals surface area contributed by atoms with Crippen LogP contribution in [0.1, 0.15) is 11.4 Å². The number of carbonyl (C=O) groups is 1. The first-order chi connectivity index (χ1) is 8.23. The van der Waals surface area contributed by atoms with Gasteiger partial charge in [-0.3, -0.25) is 9.59 Å². The molecule has 1 heterocycles. The molecule has 0 aromatic carbocycles. The van der Waals surface area contributed by atoms with E-state index in [1.165, 1.54) is 0 Å². The third-order valence-corrected chi connectivity index (χ3v) is 2.41. The van der Waals surface area contributed by atoms with Crippen LogP contribution in [0.2, 0.25) is 0 Å². The van der Waals surface area contributed by atoms with Gasteiger partial charge in [0.2, 0.25) is 5.43 Å². The molecule has 2 N–H and O–H groups in total. The summed E-state index contributed by atoms with van der Waals surface area (Å²) in [6.45, 7) is 0. The van der Waals surface area contributed by atoms with Gasteiger partial charge in [0.15, 0.2) is 5.75 Å². The van der Waals surface area contributed by atoms with E-state index < -0.39 is 35.6 Å². The van der Waals surface area contributed by atoms with E-state index in [0.717, 1.165) is 6.07 Å². The number of aromatic amines is 1. The van der Waals surface area contributed by atoms with Crippen LogP contribution in [-0.2, 0) is 16.5 Å². The first-order valence-corrected chi connectivity index (χ1v) is 5.63. The normalized spacial score (nSPS) is 11.3. The molecule has 0 aliphatic carbocycles. The van der Waals surface area contributed by atoms with Crippen molar-refractivity contribution in [2.24, 2.45) is 0 Å². The summed E-state index contributed by atoms with van der Waals surface area (Å²) in [5.74, 6) is -2.43. The van der Waals surface area contributed by atoms with Crippen LogP contribution >= 0.6 is 15.9 Å². The number of carboxylic acids is 1. The van der Waals surface area contributed by atoms with Crippen LogP contribution in [0.25, 0.3) is 0 Å². The molecule has 1 aromatic rings. The standard InChI is InChI=1S/C9H7BrF3NO4/c10-3-4-1-6(15)8(18-9(11,12)13)5(14-4)2-7(16)17/h1H,2-3H2,(H,14,15)(H,16,17). The quantitative estimate of drug-likeness (QED) is 0.825. The van der Waals surface area contributed by atoms with Crippen LogP contribution in [0.4, 0.5) is 13.2 Å². The summed E-state index contributed by atoms with van der Waals surface area (Å²) >= 11 is 3.00. The molecule has 100 valence electrons. The molecule has 0 amide bonds. The summed E-state index contributed by atoms with van der Waals surface area (Å²) in [5, 5.41) is 8.74. The first kappa shape index (κ1) is 14.6. The monoisotopic (exact) mass is 329 g/mol. The van der Waals surface area contributed by atoms with Gasteiger partial charge in [-0.2, -0.15) is 0 Å². The molecule has 0 saturated carbocycles. The van der Waals surface area contributed by atoms with Gasteiger partial charge in [-0.05, 0) is 0 Å². The van der Waals surface area contributed by atoms with Crippen molar-refractivity contribution in [1.29, 1.82) is 0 Å². The van der Waals surface area contributed by atoms with Crippen molar-refractivity contribution in [3.63, 3.8) is 0 Å². The van der Waals surface area contributed by atoms with Crippen molar-refractivity contribution in [1.82, 2.24) is 4.98 Å². The zero-order valence-electron chi connectivity index (χ0n) is 8.68. The lowest BCUT2D eigenvalue weighted by molar-refractivity contribution is -0.275. The number of pyridine rings is 1. The number of H-pyrrole nitrogens is 1. The predicted molar refractivity (Wildman–Crippen MR) is 57.7 cm³/mol. The molecule has 9 heteroatoms. The van der Waals surface area contributed by atoms with E-state index in [1.807, 2.05) is 0 Å². The molecule has 18 heavy (non-hydrogen) atoms. The van der Waals surface area contributed by atoms with Crippen molar-refractivity contribution in [3.05, 3.63) is 27.7 Å². The van der Waals surface area contributed by atoms with Crippen molar-refractivity contribution >= 4 is 21.9 Å². The average molecular weight is 330 g/mol. The van der Waals surface area contributed by atoms with Crippen molar-refractivity contribution in [3.8, 4) is 5.75 Å². The Morgan fingerprint density at radius 2 is 2.11 bits per heavy atom. The van der Waals surface area contributed by atoms with Gasteiger partial charge >= 0.3 is 12.3 Å². The summed E-state index contributed by atoms with van der Waals surface area (Å²) in [4.78, 5) is 24.4. The molecule has 1 aromatic heterocycles. The number of nitrogens with one attached hydrogen (secondary N) is 1. The summed E-state index contributed by atoms with van der Waals surface area (Å²) in [7, 11) is 0. The molecule has 0 unspecified atom stereocenters. The fraction of sp³-hybridized carbons (Fsp3) is 0.333. The van der Waals surface area contributed by atoms with E-state index in [-0.39, 0.29) is 11.0 Å². The number of aromatic nitrogens is 1. The van der Waals surface area contributed by atoms with Crippen LogP contribution in [-0.4, -0.2) is 22.4 Å². The van der Waals surface area contributed by atoms with Crippen LogP contribution < -0.4 is 10.2 Å². The van der Waals surface area contributed by atoms with Crippen LogP contribution in [0.15, 0.2) is 10.9 Å². The van der Waals surface area contributed by atoms with Crippen LogP contribution in [0.5, 0.6) is 5.75 Å². The summed E-state index contributed by atoms with van der Waals surface area (Å²) in [6.07, 6.45) is -5.84. The van der Waals surface area contributed by atoms with Gasteiger partial charge < -0.3 is 14.8 Å². The second-order valence-electron chi connectivity index (χ2n) is 3.22. The molecule has 0 radical (unpaired) electrons. The third kappa shape index (κ3) is 4.06. The number of halogens is 4. The molecule has 5 nitrogen and oxygen atoms in total. The lowest BCUT2D eigenvalue weighted by atomic mass is 10.2. The molecular weight excluding hydrogens is 323 g/mol. The topological polar surface area (TPSA) is 79.4 Å². The van der Waals surface area contributed by atoms with E-state index in [1.54, 1.807) is 0 Å². The number of hydrogen-bond donors (Lipinski definition) is 2. The molecule has 0 atom stereocenters. The molecule has 0 saturated heterocycles. The lowest BCUT2D eigenvalue weighted by Gasteiger charge is -2.12. The summed E-state index contributed by atoms with van der Waals surface area (Å²) in [6, 6.07) is 0.904. The maximum atomic E-state index is 12.1. The van der Waals surface area contributed by atoms with Gasteiger partial charge in [0.1, 0.15) is 0 Å². The second kappa shape index (κ2) is 5.42. The maximum Gasteiger partial charge on any atom is 0.573 e. The molecule has 0 spiro atoms. The smallest absolute Gasteiger partial charge is 0.481 e. The van der Waals surface area contributed by atoms with Crippen molar-refractivity contribution in [2.75, 3.05) is 0 Å². The Morgan fingerprint density at radius 1 is 1.50 bits per heavy atom. The summed E-state index contributed by atoms with van der Waals surface area (Å²) in [5.41, 5.74) is -1.20. The highest BCUT2D eigenvalue weighted by molar-refractivity contribution is 9.08. The van der Waals surface area contributed by atoms with Crippen molar-refractivity contribution < 1.29 is 27.8 Å². The number of alkyl halides is 4. The minimum atomic E-state index is -5.06. The molecular formula is C9H7BrF3NO4. The lowest BCUT2D eigenvalue weighted by Crippen LogP contribution is -2.24. The van der Waals surface area contributed by atoms with Crippen LogP contribution in [0.3, 0.4) is 0 Å². The Bertz CT molecular complexity index is 512. The SMILES string of the molecule is O=C(O)Cc1[nH]c(CBr)cc(=O)c1OC(F)(F)F. The third-order valence-electron chi connectivity index (χ3n) is 1.80. The molecule has 0 fully saturated rings. The van der Waals surface area contributed by atoms with E-state index in [4.69, 9.17) is 5.11 Å². The Kier molecular flexibility index (Phi) is 4.38. The molecule has 0 aliphatic rings. The Labute approximate surface area is 107 Å². The van der Waals surface area contributed by atoms with E-state index in [9.17, 15) is 22.8 Å².